The fraction of sp³-hybridized carbons (Fsp3) is 0.400. The molecule has 1 aliphatic rings. The first-order valence-electron chi connectivity index (χ1n) is 10.8. The van der Waals surface area contributed by atoms with Gasteiger partial charge >= 0.3 is 0 Å². The van der Waals surface area contributed by atoms with E-state index in [1.165, 1.54) is 21.3 Å². The van der Waals surface area contributed by atoms with Gasteiger partial charge in [0.05, 0.1) is 32.5 Å². The minimum absolute atomic E-state index is 0.128. The number of aromatic hydroxyl groups is 1. The molecule has 0 spiro atoms. The number of hydrogen-bond acceptors (Lipinski definition) is 7. The van der Waals surface area contributed by atoms with E-state index in [0.29, 0.717) is 46.2 Å². The van der Waals surface area contributed by atoms with Crippen molar-refractivity contribution in [1.82, 2.24) is 4.90 Å². The molecule has 32 heavy (non-hydrogen) atoms. The van der Waals surface area contributed by atoms with Crippen molar-refractivity contribution in [2.24, 2.45) is 0 Å². The van der Waals surface area contributed by atoms with E-state index in [1.54, 1.807) is 30.3 Å². The molecule has 1 N–H and O–H groups in total. The second-order valence-corrected chi connectivity index (χ2v) is 7.61. The summed E-state index contributed by atoms with van der Waals surface area (Å²) >= 11 is 0. The average Bonchev–Trinajstić information content (AvgIpc) is 3.10. The smallest absolute Gasteiger partial charge is 0.231 e. The molecule has 7 heteroatoms. The molecule has 3 rings (SSSR count). The number of phenols is 1. The van der Waals surface area contributed by atoms with E-state index >= 15 is 0 Å². The first-order chi connectivity index (χ1) is 15.5. The van der Waals surface area contributed by atoms with Gasteiger partial charge in [-0.2, -0.15) is 0 Å². The maximum absolute atomic E-state index is 13.1. The number of phenolic OH excluding ortho intramolecular Hbond substituents is 1. The largest absolute Gasteiger partial charge is 0.507 e. The fourth-order valence-electron chi connectivity index (χ4n) is 3.91. The number of hydrogen-bond donors (Lipinski definition) is 1. The topological polar surface area (TPSA) is 77.5 Å². The molecule has 0 radical (unpaired) electrons. The van der Waals surface area contributed by atoms with Crippen LogP contribution in [-0.2, 0) is 6.54 Å². The van der Waals surface area contributed by atoms with E-state index in [1.807, 2.05) is 0 Å². The third-order valence-electron chi connectivity index (χ3n) is 5.36. The van der Waals surface area contributed by atoms with Crippen LogP contribution in [-0.4, -0.2) is 50.2 Å². The number of fused-ring (bicyclic) bond motifs is 1. The van der Waals surface area contributed by atoms with Gasteiger partial charge < -0.3 is 24.1 Å². The monoisotopic (exact) mass is 441 g/mol. The lowest BCUT2D eigenvalue weighted by Gasteiger charge is -2.22. The highest BCUT2D eigenvalue weighted by Gasteiger charge is 2.31. The van der Waals surface area contributed by atoms with E-state index < -0.39 is 0 Å². The first-order valence-corrected chi connectivity index (χ1v) is 10.8. The molecular weight excluding hydrogens is 410 g/mol. The highest BCUT2D eigenvalue weighted by atomic mass is 16.5. The van der Waals surface area contributed by atoms with Gasteiger partial charge in [0.25, 0.3) is 0 Å². The molecule has 0 bridgehead atoms. The van der Waals surface area contributed by atoms with Gasteiger partial charge in [0, 0.05) is 6.54 Å². The van der Waals surface area contributed by atoms with Gasteiger partial charge in [-0.05, 0) is 61.8 Å². The highest BCUT2D eigenvalue weighted by Crippen LogP contribution is 2.42. The standard InChI is InChI=1S/C25H31NO6/c1-6-10-26(11-7-2)15-18-19(27)9-8-17-23(28)20(32-24(17)18)12-16-13-21(29-3)25(31-5)22(14-16)30-4/h8-9,12-14,27H,6-7,10-11,15H2,1-5H3. The SMILES string of the molecule is CCCN(CCC)Cc1c(O)ccc2c1OC(=Cc1cc(OC)c(OC)c(OC)c1)C2=O. The van der Waals surface area contributed by atoms with Crippen LogP contribution >= 0.6 is 0 Å². The van der Waals surface area contributed by atoms with Crippen molar-refractivity contribution >= 4 is 11.9 Å². The van der Waals surface area contributed by atoms with Gasteiger partial charge in [-0.25, -0.2) is 0 Å². The Bertz CT molecular complexity index is 983. The summed E-state index contributed by atoms with van der Waals surface area (Å²) in [4.78, 5) is 15.3. The van der Waals surface area contributed by atoms with Crippen LogP contribution in [0, 0.1) is 0 Å². The Labute approximate surface area is 189 Å². The van der Waals surface area contributed by atoms with Crippen LogP contribution in [0.3, 0.4) is 0 Å². The number of nitrogens with zero attached hydrogens (tertiary/aromatic N) is 1. The molecule has 0 atom stereocenters. The van der Waals surface area contributed by atoms with Crippen LogP contribution in [0.15, 0.2) is 30.0 Å². The number of methoxy groups -OCH3 is 3. The summed E-state index contributed by atoms with van der Waals surface area (Å²) in [5.41, 5.74) is 1.75. The Morgan fingerprint density at radius 3 is 2.16 bits per heavy atom. The summed E-state index contributed by atoms with van der Waals surface area (Å²) in [7, 11) is 4.61. The van der Waals surface area contributed by atoms with Gasteiger partial charge in [-0.3, -0.25) is 9.69 Å². The average molecular weight is 442 g/mol. The Morgan fingerprint density at radius 2 is 1.62 bits per heavy atom. The molecule has 0 saturated heterocycles. The summed E-state index contributed by atoms with van der Waals surface area (Å²) in [5, 5.41) is 10.5. The Kier molecular flexibility index (Phi) is 7.64. The molecule has 2 aromatic rings. The number of carbonyl (C=O) groups is 1. The summed E-state index contributed by atoms with van der Waals surface area (Å²) in [6, 6.07) is 6.66. The zero-order valence-electron chi connectivity index (χ0n) is 19.4. The number of allylic oxidation sites excluding steroid dienone is 1. The molecule has 7 nitrogen and oxygen atoms in total. The second-order valence-electron chi connectivity index (χ2n) is 7.61. The highest BCUT2D eigenvalue weighted by molar-refractivity contribution is 6.15. The predicted octanol–water partition coefficient (Wildman–Crippen LogP) is 4.66. The van der Waals surface area contributed by atoms with E-state index in [0.717, 1.165) is 25.9 Å². The van der Waals surface area contributed by atoms with Crippen LogP contribution in [0.25, 0.3) is 6.08 Å². The van der Waals surface area contributed by atoms with Gasteiger partial charge in [-0.1, -0.05) is 13.8 Å². The van der Waals surface area contributed by atoms with E-state index in [-0.39, 0.29) is 17.3 Å². The molecule has 1 aliphatic heterocycles. The molecule has 0 fully saturated rings. The number of ketones is 1. The lowest BCUT2D eigenvalue weighted by molar-refractivity contribution is 0.101. The van der Waals surface area contributed by atoms with Crippen LogP contribution in [0.5, 0.6) is 28.7 Å². The number of rotatable bonds is 10. The first kappa shape index (κ1) is 23.5. The molecule has 0 unspecified atom stereocenters. The lowest BCUT2D eigenvalue weighted by Crippen LogP contribution is -2.25. The molecule has 0 aromatic heterocycles. The fourth-order valence-corrected chi connectivity index (χ4v) is 3.91. The third-order valence-corrected chi connectivity index (χ3v) is 5.36. The van der Waals surface area contributed by atoms with Crippen molar-refractivity contribution in [3.05, 3.63) is 46.7 Å². The van der Waals surface area contributed by atoms with E-state index in [4.69, 9.17) is 18.9 Å². The maximum atomic E-state index is 13.1. The molecule has 1 heterocycles. The quantitative estimate of drug-likeness (QED) is 0.538. The van der Waals surface area contributed by atoms with Crippen LogP contribution in [0.2, 0.25) is 0 Å². The minimum atomic E-state index is -0.229. The molecule has 172 valence electrons. The Hall–Kier alpha value is -3.19. The normalized spacial score (nSPS) is 13.9. The van der Waals surface area contributed by atoms with Crippen LogP contribution < -0.4 is 18.9 Å². The van der Waals surface area contributed by atoms with Crippen LogP contribution in [0.4, 0.5) is 0 Å². The van der Waals surface area contributed by atoms with Gasteiger partial charge in [0.1, 0.15) is 11.5 Å². The van der Waals surface area contributed by atoms with Gasteiger partial charge in [0.2, 0.25) is 11.5 Å². The predicted molar refractivity (Wildman–Crippen MR) is 123 cm³/mol. The lowest BCUT2D eigenvalue weighted by atomic mass is 10.0. The Morgan fingerprint density at radius 1 is 1.00 bits per heavy atom. The second kappa shape index (κ2) is 10.4. The number of benzene rings is 2. The van der Waals surface area contributed by atoms with E-state index in [9.17, 15) is 9.90 Å². The van der Waals surface area contributed by atoms with Crippen molar-refractivity contribution in [2.75, 3.05) is 34.4 Å². The third kappa shape index (κ3) is 4.67. The summed E-state index contributed by atoms with van der Waals surface area (Å²) in [5.74, 6) is 1.93. The molecular formula is C25H31NO6. The number of Topliss-reactive ketones (excluding diaryl/α,β-unsaturated/α-hetero) is 1. The molecule has 0 saturated carbocycles. The maximum Gasteiger partial charge on any atom is 0.231 e. The van der Waals surface area contributed by atoms with Gasteiger partial charge in [0.15, 0.2) is 17.3 Å². The minimum Gasteiger partial charge on any atom is -0.507 e. The zero-order valence-corrected chi connectivity index (χ0v) is 19.4. The van der Waals surface area contributed by atoms with Crippen molar-refractivity contribution in [2.45, 2.75) is 33.2 Å². The van der Waals surface area contributed by atoms with Crippen molar-refractivity contribution in [1.29, 1.82) is 0 Å². The van der Waals surface area contributed by atoms with Crippen molar-refractivity contribution in [3.8, 4) is 28.7 Å². The van der Waals surface area contributed by atoms with Crippen molar-refractivity contribution < 1.29 is 28.8 Å². The zero-order chi connectivity index (χ0) is 23.3. The summed E-state index contributed by atoms with van der Waals surface area (Å²) in [6.45, 7) is 6.56. The number of ether oxygens (including phenoxy) is 4. The number of carbonyl (C=O) groups excluding carboxylic acids is 1. The van der Waals surface area contributed by atoms with Gasteiger partial charge in [-0.15, -0.1) is 0 Å². The molecule has 0 aliphatic carbocycles. The molecule has 0 amide bonds. The molecule has 2 aromatic carbocycles. The van der Waals surface area contributed by atoms with Crippen LogP contribution in [0.1, 0.15) is 48.2 Å². The summed E-state index contributed by atoms with van der Waals surface area (Å²) < 4.78 is 22.2. The van der Waals surface area contributed by atoms with Crippen molar-refractivity contribution in [3.63, 3.8) is 0 Å². The summed E-state index contributed by atoms with van der Waals surface area (Å²) in [6.07, 6.45) is 3.65. The Balaban J connectivity index is 1.98. The van der Waals surface area contributed by atoms with E-state index in [2.05, 4.69) is 18.7 Å².